The van der Waals surface area contributed by atoms with Crippen LogP contribution in [0, 0.1) is 5.82 Å². The van der Waals surface area contributed by atoms with Crippen LogP contribution in [0.4, 0.5) is 4.39 Å². The maximum absolute atomic E-state index is 13.8. The molecule has 0 saturated carbocycles. The summed E-state index contributed by atoms with van der Waals surface area (Å²) in [5.41, 5.74) is 4.16. The van der Waals surface area contributed by atoms with Gasteiger partial charge in [-0.25, -0.2) is 4.39 Å². The number of H-pyrrole nitrogens is 1. The third-order valence-corrected chi connectivity index (χ3v) is 6.81. The summed E-state index contributed by atoms with van der Waals surface area (Å²) in [6, 6.07) is 14.2. The Kier molecular flexibility index (Phi) is 7.94. The van der Waals surface area contributed by atoms with Crippen LogP contribution < -0.4 is 5.32 Å². The Hall–Kier alpha value is -3.49. The number of hydrogen-bond donors (Lipinski definition) is 2. The molecule has 0 fully saturated rings. The largest absolute Gasteiger partial charge is 0.355 e. The van der Waals surface area contributed by atoms with Crippen molar-refractivity contribution in [2.24, 2.45) is 0 Å². The number of nitrogens with one attached hydrogen (secondary N) is 2. The van der Waals surface area contributed by atoms with Crippen molar-refractivity contribution in [3.05, 3.63) is 83.1 Å². The number of aromatic amines is 1. The quantitative estimate of drug-likeness (QED) is 0.319. The third-order valence-electron chi connectivity index (χ3n) is 5.77. The van der Waals surface area contributed by atoms with Gasteiger partial charge in [-0.3, -0.25) is 19.8 Å². The molecule has 2 heterocycles. The molecule has 4 rings (SSSR count). The van der Waals surface area contributed by atoms with Gasteiger partial charge in [-0.2, -0.15) is 5.10 Å². The van der Waals surface area contributed by atoms with Crippen LogP contribution >= 0.6 is 11.8 Å². The molecule has 6 nitrogen and oxygen atoms in total. The lowest BCUT2D eigenvalue weighted by molar-refractivity contribution is 0.0960. The number of carbonyl (C=O) groups is 1. The standard InChI is InChI=1S/C27H28FN5OS/c1-4-33(5-2)17-18-6-8-20(30-16-18)9-13-24-22-12-10-21(15-25(22)32-31-24)35-26-14-19(28)7-11-23(26)27(34)29-3/h6-16H,4-5,17H2,1-3H3,(H,29,34)(H,31,32)/b13-9+. The third kappa shape index (κ3) is 5.96. The van der Waals surface area contributed by atoms with Gasteiger partial charge in [0.05, 0.1) is 22.5 Å². The number of halogens is 1. The molecule has 0 saturated heterocycles. The van der Waals surface area contributed by atoms with Crippen molar-refractivity contribution >= 4 is 40.7 Å². The molecule has 0 atom stereocenters. The average molecular weight is 490 g/mol. The van der Waals surface area contributed by atoms with E-state index < -0.39 is 0 Å². The van der Waals surface area contributed by atoms with Crippen LogP contribution in [0.5, 0.6) is 0 Å². The zero-order chi connectivity index (χ0) is 24.8. The second-order valence-corrected chi connectivity index (χ2v) is 9.14. The molecule has 0 radical (unpaired) electrons. The monoisotopic (exact) mass is 489 g/mol. The minimum absolute atomic E-state index is 0.253. The number of carbonyl (C=O) groups excluding carboxylic acids is 1. The molecular formula is C27H28FN5OS. The highest BCUT2D eigenvalue weighted by Crippen LogP contribution is 2.33. The van der Waals surface area contributed by atoms with E-state index in [2.05, 4.69) is 45.3 Å². The van der Waals surface area contributed by atoms with E-state index in [4.69, 9.17) is 0 Å². The lowest BCUT2D eigenvalue weighted by atomic mass is 10.2. The first-order valence-electron chi connectivity index (χ1n) is 11.5. The lowest BCUT2D eigenvalue weighted by Crippen LogP contribution is -2.22. The van der Waals surface area contributed by atoms with Crippen molar-refractivity contribution in [1.29, 1.82) is 0 Å². The number of amides is 1. The number of aromatic nitrogens is 3. The second kappa shape index (κ2) is 11.3. The number of fused-ring (bicyclic) bond motifs is 1. The molecule has 2 N–H and O–H groups in total. The summed E-state index contributed by atoms with van der Waals surface area (Å²) in [5.74, 6) is -0.637. The van der Waals surface area contributed by atoms with E-state index in [-0.39, 0.29) is 11.7 Å². The van der Waals surface area contributed by atoms with Crippen molar-refractivity contribution in [1.82, 2.24) is 25.4 Å². The second-order valence-electron chi connectivity index (χ2n) is 8.02. The van der Waals surface area contributed by atoms with Crippen LogP contribution in [-0.4, -0.2) is 46.1 Å². The van der Waals surface area contributed by atoms with Crippen molar-refractivity contribution in [2.75, 3.05) is 20.1 Å². The van der Waals surface area contributed by atoms with Gasteiger partial charge in [0.15, 0.2) is 0 Å². The Morgan fingerprint density at radius 3 is 2.66 bits per heavy atom. The summed E-state index contributed by atoms with van der Waals surface area (Å²) < 4.78 is 13.8. The van der Waals surface area contributed by atoms with E-state index in [1.807, 2.05) is 42.6 Å². The number of benzene rings is 2. The van der Waals surface area contributed by atoms with Crippen molar-refractivity contribution < 1.29 is 9.18 Å². The van der Waals surface area contributed by atoms with Crippen LogP contribution in [0.25, 0.3) is 23.1 Å². The van der Waals surface area contributed by atoms with Crippen molar-refractivity contribution in [3.8, 4) is 0 Å². The van der Waals surface area contributed by atoms with E-state index >= 15 is 0 Å². The molecule has 35 heavy (non-hydrogen) atoms. The van der Waals surface area contributed by atoms with Gasteiger partial charge in [0.2, 0.25) is 0 Å². The number of pyridine rings is 1. The molecular weight excluding hydrogens is 461 g/mol. The van der Waals surface area contributed by atoms with E-state index in [1.54, 1.807) is 7.05 Å². The summed E-state index contributed by atoms with van der Waals surface area (Å²) in [6.07, 6.45) is 5.81. The lowest BCUT2D eigenvalue weighted by Gasteiger charge is -2.17. The number of nitrogens with zero attached hydrogens (tertiary/aromatic N) is 3. The van der Waals surface area contributed by atoms with Crippen molar-refractivity contribution in [3.63, 3.8) is 0 Å². The minimum atomic E-state index is -0.384. The van der Waals surface area contributed by atoms with E-state index in [1.165, 1.54) is 35.5 Å². The summed E-state index contributed by atoms with van der Waals surface area (Å²) in [5, 5.41) is 11.1. The summed E-state index contributed by atoms with van der Waals surface area (Å²) in [6.45, 7) is 7.25. The van der Waals surface area contributed by atoms with E-state index in [9.17, 15) is 9.18 Å². The predicted molar refractivity (Wildman–Crippen MR) is 140 cm³/mol. The molecule has 2 aromatic carbocycles. The van der Waals surface area contributed by atoms with Gasteiger partial charge in [-0.05, 0) is 73.3 Å². The van der Waals surface area contributed by atoms with E-state index in [0.29, 0.717) is 10.5 Å². The molecule has 0 aliphatic carbocycles. The smallest absolute Gasteiger partial charge is 0.252 e. The highest BCUT2D eigenvalue weighted by molar-refractivity contribution is 7.99. The summed E-state index contributed by atoms with van der Waals surface area (Å²) >= 11 is 1.33. The fourth-order valence-electron chi connectivity index (χ4n) is 3.74. The van der Waals surface area contributed by atoms with E-state index in [0.717, 1.165) is 46.8 Å². The van der Waals surface area contributed by atoms with Gasteiger partial charge in [-0.1, -0.05) is 31.7 Å². The maximum atomic E-state index is 13.8. The molecule has 0 aliphatic rings. The Balaban J connectivity index is 1.50. The molecule has 180 valence electrons. The fraction of sp³-hybridized carbons (Fsp3) is 0.222. The predicted octanol–water partition coefficient (Wildman–Crippen LogP) is 5.62. The normalized spacial score (nSPS) is 11.6. The first-order chi connectivity index (χ1) is 17.0. The number of hydrogen-bond acceptors (Lipinski definition) is 5. The summed E-state index contributed by atoms with van der Waals surface area (Å²) in [7, 11) is 1.56. The SMILES string of the molecule is CCN(CC)Cc1ccc(/C=C/c2n[nH]c3cc(Sc4cc(F)ccc4C(=O)NC)ccc23)nc1. The topological polar surface area (TPSA) is 73.9 Å². The van der Waals surface area contributed by atoms with Crippen LogP contribution in [0.15, 0.2) is 64.5 Å². The Bertz CT molecular complexity index is 1350. The van der Waals surface area contributed by atoms with Crippen molar-refractivity contribution in [2.45, 2.75) is 30.2 Å². The molecule has 1 amide bonds. The highest BCUT2D eigenvalue weighted by atomic mass is 32.2. The zero-order valence-electron chi connectivity index (χ0n) is 20.0. The Morgan fingerprint density at radius 2 is 1.94 bits per heavy atom. The minimum Gasteiger partial charge on any atom is -0.355 e. The van der Waals surface area contributed by atoms with Crippen LogP contribution in [0.1, 0.15) is 41.2 Å². The highest BCUT2D eigenvalue weighted by Gasteiger charge is 2.13. The van der Waals surface area contributed by atoms with Gasteiger partial charge in [0.25, 0.3) is 5.91 Å². The molecule has 4 aromatic rings. The summed E-state index contributed by atoms with van der Waals surface area (Å²) in [4.78, 5) is 20.5. The Morgan fingerprint density at radius 1 is 1.11 bits per heavy atom. The van der Waals surface area contributed by atoms with Gasteiger partial charge in [0, 0.05) is 35.0 Å². The first-order valence-corrected chi connectivity index (χ1v) is 12.3. The maximum Gasteiger partial charge on any atom is 0.252 e. The molecule has 0 bridgehead atoms. The van der Waals surface area contributed by atoms with Crippen LogP contribution in [0.3, 0.4) is 0 Å². The molecule has 0 aliphatic heterocycles. The van der Waals surface area contributed by atoms with Gasteiger partial charge < -0.3 is 5.32 Å². The Labute approximate surface area is 208 Å². The average Bonchev–Trinajstić information content (AvgIpc) is 3.28. The van der Waals surface area contributed by atoms with Gasteiger partial charge in [-0.15, -0.1) is 0 Å². The first kappa shape index (κ1) is 24.6. The molecule has 0 unspecified atom stereocenters. The number of rotatable bonds is 9. The zero-order valence-corrected chi connectivity index (χ0v) is 20.8. The molecule has 2 aromatic heterocycles. The molecule has 0 spiro atoms. The van der Waals surface area contributed by atoms with Gasteiger partial charge in [0.1, 0.15) is 5.82 Å². The fourth-order valence-corrected chi connectivity index (χ4v) is 4.75. The molecule has 8 heteroatoms. The van der Waals surface area contributed by atoms with Crippen LogP contribution in [0.2, 0.25) is 0 Å². The van der Waals surface area contributed by atoms with Crippen LogP contribution in [-0.2, 0) is 6.54 Å². The van der Waals surface area contributed by atoms with Gasteiger partial charge >= 0.3 is 0 Å².